The lowest BCUT2D eigenvalue weighted by Gasteiger charge is -2.18. The van der Waals surface area contributed by atoms with Crippen LogP contribution >= 0.6 is 0 Å². The Labute approximate surface area is 101 Å². The van der Waals surface area contributed by atoms with Gasteiger partial charge in [0.2, 0.25) is 0 Å². The van der Waals surface area contributed by atoms with E-state index in [1.165, 1.54) is 0 Å². The van der Waals surface area contributed by atoms with Gasteiger partial charge in [-0.3, -0.25) is 0 Å². The topological polar surface area (TPSA) is 38.0 Å². The molecule has 2 heteroatoms. The molecule has 0 unspecified atom stereocenters. The standard InChI is InChI=1S/C12H20N2.C2H6/c1-5-7-11(6-2)8-12(9-13)14-10(3)4;1-2/h5-7,12,14H,1-3,8-9,13H2,4H3;1-2H3/b11-7+;/t12-;/m0./s1. The zero-order chi connectivity index (χ0) is 13.0. The monoisotopic (exact) mass is 222 g/mol. The van der Waals surface area contributed by atoms with Crippen LogP contribution in [0, 0.1) is 0 Å². The molecule has 0 aromatic rings. The highest BCUT2D eigenvalue weighted by Gasteiger charge is 2.06. The minimum atomic E-state index is 0.219. The molecule has 0 amide bonds. The van der Waals surface area contributed by atoms with Crippen molar-refractivity contribution in [1.29, 1.82) is 0 Å². The fourth-order valence-electron chi connectivity index (χ4n) is 1.20. The second-order valence-corrected chi connectivity index (χ2v) is 3.24. The summed E-state index contributed by atoms with van der Waals surface area (Å²) in [6.45, 7) is 17.7. The van der Waals surface area contributed by atoms with Gasteiger partial charge in [0.25, 0.3) is 0 Å². The first-order valence-corrected chi connectivity index (χ1v) is 5.70. The first-order chi connectivity index (χ1) is 7.63. The third-order valence-corrected chi connectivity index (χ3v) is 1.81. The largest absolute Gasteiger partial charge is 0.385 e. The quantitative estimate of drug-likeness (QED) is 0.649. The molecule has 1 atom stereocenters. The fourth-order valence-corrected chi connectivity index (χ4v) is 1.20. The molecule has 0 aromatic heterocycles. The summed E-state index contributed by atoms with van der Waals surface area (Å²) in [5.41, 5.74) is 7.69. The van der Waals surface area contributed by atoms with E-state index < -0.39 is 0 Å². The molecule has 92 valence electrons. The molecule has 0 aliphatic rings. The van der Waals surface area contributed by atoms with E-state index in [-0.39, 0.29) is 6.04 Å². The predicted octanol–water partition coefficient (Wildman–Crippen LogP) is 3.15. The van der Waals surface area contributed by atoms with Gasteiger partial charge in [-0.15, -0.1) is 0 Å². The van der Waals surface area contributed by atoms with Crippen molar-refractivity contribution in [1.82, 2.24) is 5.32 Å². The summed E-state index contributed by atoms with van der Waals surface area (Å²) in [4.78, 5) is 0. The molecular formula is C14H26N2. The summed E-state index contributed by atoms with van der Waals surface area (Å²) in [5.74, 6) is 0. The smallest absolute Gasteiger partial charge is 0.0420 e. The Morgan fingerprint density at radius 2 is 1.94 bits per heavy atom. The molecule has 0 saturated carbocycles. The number of rotatable bonds is 7. The van der Waals surface area contributed by atoms with Crippen molar-refractivity contribution in [3.8, 4) is 0 Å². The van der Waals surface area contributed by atoms with E-state index in [1.54, 1.807) is 6.08 Å². The third kappa shape index (κ3) is 9.28. The Balaban J connectivity index is 0. The lowest BCUT2D eigenvalue weighted by atomic mass is 10.1. The highest BCUT2D eigenvalue weighted by Crippen LogP contribution is 2.07. The summed E-state index contributed by atoms with van der Waals surface area (Å²) in [5, 5.41) is 3.21. The molecule has 3 N–H and O–H groups in total. The molecule has 0 bridgehead atoms. The van der Waals surface area contributed by atoms with Crippen LogP contribution in [0.2, 0.25) is 0 Å². The van der Waals surface area contributed by atoms with Crippen molar-refractivity contribution in [3.63, 3.8) is 0 Å². The van der Waals surface area contributed by atoms with Gasteiger partial charge < -0.3 is 11.1 Å². The van der Waals surface area contributed by atoms with Crippen LogP contribution in [0.5, 0.6) is 0 Å². The van der Waals surface area contributed by atoms with Crippen LogP contribution in [0.3, 0.4) is 0 Å². The average molecular weight is 222 g/mol. The van der Waals surface area contributed by atoms with Gasteiger partial charge >= 0.3 is 0 Å². The van der Waals surface area contributed by atoms with Gasteiger partial charge in [0.05, 0.1) is 0 Å². The predicted molar refractivity (Wildman–Crippen MR) is 75.2 cm³/mol. The van der Waals surface area contributed by atoms with Crippen molar-refractivity contribution in [2.45, 2.75) is 33.2 Å². The van der Waals surface area contributed by atoms with Crippen LogP contribution in [0.1, 0.15) is 27.2 Å². The summed E-state index contributed by atoms with van der Waals surface area (Å²) < 4.78 is 0. The van der Waals surface area contributed by atoms with Crippen molar-refractivity contribution < 1.29 is 0 Å². The Hall–Kier alpha value is -1.28. The van der Waals surface area contributed by atoms with E-state index in [4.69, 9.17) is 5.73 Å². The average Bonchev–Trinajstić information content (AvgIpc) is 2.29. The van der Waals surface area contributed by atoms with E-state index in [2.05, 4.69) is 25.1 Å². The van der Waals surface area contributed by atoms with Gasteiger partial charge in [-0.05, 0) is 18.9 Å². The number of nitrogens with one attached hydrogen (secondary N) is 1. The molecule has 0 rings (SSSR count). The molecule has 0 heterocycles. The molecular weight excluding hydrogens is 196 g/mol. The second-order valence-electron chi connectivity index (χ2n) is 3.24. The summed E-state index contributed by atoms with van der Waals surface area (Å²) in [7, 11) is 0. The van der Waals surface area contributed by atoms with Crippen LogP contribution in [-0.4, -0.2) is 12.6 Å². The van der Waals surface area contributed by atoms with Crippen molar-refractivity contribution in [2.24, 2.45) is 5.73 Å². The van der Waals surface area contributed by atoms with Crippen LogP contribution in [-0.2, 0) is 0 Å². The maximum Gasteiger partial charge on any atom is 0.0420 e. The summed E-state index contributed by atoms with van der Waals surface area (Å²) in [6, 6.07) is 0.219. The summed E-state index contributed by atoms with van der Waals surface area (Å²) in [6.07, 6.45) is 6.37. The number of hydrogen-bond donors (Lipinski definition) is 2. The Morgan fingerprint density at radius 3 is 2.25 bits per heavy atom. The molecule has 0 spiro atoms. The van der Waals surface area contributed by atoms with Crippen LogP contribution in [0.4, 0.5) is 0 Å². The van der Waals surface area contributed by atoms with Gasteiger partial charge in [-0.1, -0.05) is 51.8 Å². The van der Waals surface area contributed by atoms with Gasteiger partial charge in [0.1, 0.15) is 0 Å². The lowest BCUT2D eigenvalue weighted by molar-refractivity contribution is 0.575. The Bertz CT molecular complexity index is 239. The summed E-state index contributed by atoms with van der Waals surface area (Å²) >= 11 is 0. The highest BCUT2D eigenvalue weighted by molar-refractivity contribution is 5.22. The Morgan fingerprint density at radius 1 is 1.38 bits per heavy atom. The first kappa shape index (κ1) is 17.1. The van der Waals surface area contributed by atoms with Crippen molar-refractivity contribution in [3.05, 3.63) is 49.2 Å². The number of allylic oxidation sites excluding steroid dienone is 4. The second kappa shape index (κ2) is 11.8. The highest BCUT2D eigenvalue weighted by atomic mass is 14.9. The van der Waals surface area contributed by atoms with E-state index in [9.17, 15) is 0 Å². The lowest BCUT2D eigenvalue weighted by Crippen LogP contribution is -2.34. The van der Waals surface area contributed by atoms with Gasteiger partial charge in [0.15, 0.2) is 0 Å². The molecule has 0 aliphatic heterocycles. The van der Waals surface area contributed by atoms with Crippen LogP contribution < -0.4 is 11.1 Å². The molecule has 16 heavy (non-hydrogen) atoms. The van der Waals surface area contributed by atoms with Crippen LogP contribution in [0.25, 0.3) is 0 Å². The molecule has 0 radical (unpaired) electrons. The third-order valence-electron chi connectivity index (χ3n) is 1.81. The van der Waals surface area contributed by atoms with Crippen molar-refractivity contribution in [2.75, 3.05) is 6.54 Å². The maximum absolute atomic E-state index is 5.63. The molecule has 0 fully saturated rings. The van der Waals surface area contributed by atoms with Gasteiger partial charge in [0, 0.05) is 18.3 Å². The fraction of sp³-hybridized carbons (Fsp3) is 0.429. The zero-order valence-electron chi connectivity index (χ0n) is 10.9. The maximum atomic E-state index is 5.63. The Kier molecular flexibility index (Phi) is 12.6. The van der Waals surface area contributed by atoms with E-state index in [0.29, 0.717) is 6.54 Å². The molecule has 0 saturated heterocycles. The molecule has 2 nitrogen and oxygen atoms in total. The van der Waals surface area contributed by atoms with E-state index in [0.717, 1.165) is 17.7 Å². The first-order valence-electron chi connectivity index (χ1n) is 5.70. The van der Waals surface area contributed by atoms with E-state index >= 15 is 0 Å². The van der Waals surface area contributed by atoms with Gasteiger partial charge in [-0.2, -0.15) is 0 Å². The number of nitrogens with two attached hydrogens (primary N) is 1. The normalized spacial score (nSPS) is 11.9. The van der Waals surface area contributed by atoms with E-state index in [1.807, 2.05) is 32.9 Å². The molecule has 0 aromatic carbocycles. The minimum Gasteiger partial charge on any atom is -0.385 e. The molecule has 0 aliphatic carbocycles. The minimum absolute atomic E-state index is 0.219. The SMILES string of the molecule is C=C/C=C(\C=C)C[C@@H](CN)NC(=C)C.CC. The van der Waals surface area contributed by atoms with Crippen molar-refractivity contribution >= 4 is 0 Å². The van der Waals surface area contributed by atoms with Crippen LogP contribution in [0.15, 0.2) is 49.2 Å². The zero-order valence-corrected chi connectivity index (χ0v) is 10.9. The van der Waals surface area contributed by atoms with Gasteiger partial charge in [-0.25, -0.2) is 0 Å². The number of hydrogen-bond acceptors (Lipinski definition) is 2.